The normalized spacial score (nSPS) is 13.4. The van der Waals surface area contributed by atoms with Crippen LogP contribution < -0.4 is 14.4 Å². The molecule has 3 aromatic carbocycles. The fourth-order valence-electron chi connectivity index (χ4n) is 3.91. The lowest BCUT2D eigenvalue weighted by atomic mass is 10.1. The summed E-state index contributed by atoms with van der Waals surface area (Å²) in [5, 5.41) is 2.94. The molecule has 1 aromatic heterocycles. The summed E-state index contributed by atoms with van der Waals surface area (Å²) in [5.74, 6) is -0.0939. The van der Waals surface area contributed by atoms with E-state index >= 15 is 0 Å². The molecule has 2 heterocycles. The Bertz CT molecular complexity index is 1580. The number of halogens is 1. The average molecular weight is 537 g/mol. The van der Waals surface area contributed by atoms with Crippen molar-refractivity contribution in [3.63, 3.8) is 0 Å². The molecule has 0 bridgehead atoms. The molecule has 0 saturated heterocycles. The van der Waals surface area contributed by atoms with Crippen molar-refractivity contribution in [2.45, 2.75) is 16.6 Å². The Balaban J connectivity index is 1.41. The molecule has 37 heavy (non-hydrogen) atoms. The van der Waals surface area contributed by atoms with E-state index in [1.54, 1.807) is 31.4 Å². The number of anilines is 2. The summed E-state index contributed by atoms with van der Waals surface area (Å²) in [5.41, 5.74) is 2.67. The minimum atomic E-state index is -3.96. The molecule has 5 rings (SSSR count). The van der Waals surface area contributed by atoms with E-state index in [2.05, 4.69) is 15.3 Å². The third kappa shape index (κ3) is 5.13. The first-order chi connectivity index (χ1) is 17.8. The van der Waals surface area contributed by atoms with Crippen molar-refractivity contribution in [2.75, 3.05) is 22.5 Å². The Morgan fingerprint density at radius 1 is 1.08 bits per heavy atom. The number of benzene rings is 3. The number of nitrogens with zero attached hydrogens (tertiary/aromatic N) is 3. The molecule has 0 atom stereocenters. The fourth-order valence-corrected chi connectivity index (χ4v) is 6.09. The number of methoxy groups -OCH3 is 1. The van der Waals surface area contributed by atoms with Gasteiger partial charge in [-0.25, -0.2) is 22.8 Å². The van der Waals surface area contributed by atoms with E-state index in [0.717, 1.165) is 17.3 Å². The number of hydrogen-bond acceptors (Lipinski definition) is 7. The second-order valence-corrected chi connectivity index (χ2v) is 10.9. The molecule has 8 nitrogen and oxygen atoms in total. The maximum atomic E-state index is 13.6. The predicted molar refractivity (Wildman–Crippen MR) is 140 cm³/mol. The van der Waals surface area contributed by atoms with Gasteiger partial charge >= 0.3 is 0 Å². The van der Waals surface area contributed by atoms with Gasteiger partial charge in [-0.05, 0) is 48.0 Å². The largest absolute Gasteiger partial charge is 0.497 e. The lowest BCUT2D eigenvalue weighted by molar-refractivity contribution is -0.113. The number of carbonyl (C=O) groups excluding carboxylic acids is 1. The summed E-state index contributed by atoms with van der Waals surface area (Å²) < 4.78 is 47.0. The van der Waals surface area contributed by atoms with Crippen LogP contribution in [0.15, 0.2) is 89.0 Å². The number of thioether (sulfide) groups is 1. The maximum Gasteiger partial charge on any atom is 0.268 e. The van der Waals surface area contributed by atoms with Crippen LogP contribution in [0.1, 0.15) is 5.56 Å². The van der Waals surface area contributed by atoms with E-state index in [9.17, 15) is 17.6 Å². The van der Waals surface area contributed by atoms with Gasteiger partial charge in [-0.1, -0.05) is 42.1 Å². The van der Waals surface area contributed by atoms with Crippen LogP contribution >= 0.6 is 11.8 Å². The van der Waals surface area contributed by atoms with Gasteiger partial charge in [0.2, 0.25) is 5.91 Å². The quantitative estimate of drug-likeness (QED) is 0.269. The highest BCUT2D eigenvalue weighted by molar-refractivity contribution is 7.99. The van der Waals surface area contributed by atoms with Crippen molar-refractivity contribution in [3.8, 4) is 17.0 Å². The van der Waals surface area contributed by atoms with Crippen molar-refractivity contribution in [1.82, 2.24) is 9.97 Å². The Hall–Kier alpha value is -3.96. The van der Waals surface area contributed by atoms with Gasteiger partial charge in [-0.2, -0.15) is 0 Å². The molecule has 0 radical (unpaired) electrons. The molecule has 0 saturated carbocycles. The number of sulfonamides is 1. The van der Waals surface area contributed by atoms with Gasteiger partial charge in [0.15, 0.2) is 5.16 Å². The molecule has 0 unspecified atom stereocenters. The van der Waals surface area contributed by atoms with Crippen molar-refractivity contribution in [2.24, 2.45) is 0 Å². The third-order valence-electron chi connectivity index (χ3n) is 5.65. The Morgan fingerprint density at radius 3 is 2.65 bits per heavy atom. The van der Waals surface area contributed by atoms with E-state index in [1.807, 2.05) is 24.3 Å². The van der Waals surface area contributed by atoms with Crippen LogP contribution in [-0.2, 0) is 21.4 Å². The monoisotopic (exact) mass is 536 g/mol. The minimum Gasteiger partial charge on any atom is -0.497 e. The molecular formula is C26H21FN4O4S2. The number of ether oxygens (including phenoxy) is 1. The van der Waals surface area contributed by atoms with Gasteiger partial charge in [0.25, 0.3) is 10.0 Å². The number of carbonyl (C=O) groups is 1. The molecule has 1 amide bonds. The highest BCUT2D eigenvalue weighted by atomic mass is 32.2. The lowest BCUT2D eigenvalue weighted by Crippen LogP contribution is -2.34. The first kappa shape index (κ1) is 24.7. The van der Waals surface area contributed by atoms with Crippen LogP contribution in [0.5, 0.6) is 5.75 Å². The number of aromatic nitrogens is 2. The van der Waals surface area contributed by atoms with Crippen LogP contribution in [0.25, 0.3) is 11.3 Å². The molecule has 1 aliphatic heterocycles. The summed E-state index contributed by atoms with van der Waals surface area (Å²) in [6.45, 7) is 0.107. The second-order valence-electron chi connectivity index (χ2n) is 8.09. The van der Waals surface area contributed by atoms with Crippen molar-refractivity contribution >= 4 is 39.1 Å². The maximum absolute atomic E-state index is 13.6. The van der Waals surface area contributed by atoms with Crippen LogP contribution in [0, 0.1) is 5.82 Å². The summed E-state index contributed by atoms with van der Waals surface area (Å²) in [6, 6.07) is 19.8. The van der Waals surface area contributed by atoms with Gasteiger partial charge in [0.05, 0.1) is 37.0 Å². The summed E-state index contributed by atoms with van der Waals surface area (Å²) in [4.78, 5) is 21.0. The molecule has 1 aliphatic rings. The highest BCUT2D eigenvalue weighted by Crippen LogP contribution is 2.43. The minimum absolute atomic E-state index is 0.00536. The Morgan fingerprint density at radius 2 is 1.86 bits per heavy atom. The average Bonchev–Trinajstić information content (AvgIpc) is 2.91. The molecule has 4 aromatic rings. The van der Waals surface area contributed by atoms with Gasteiger partial charge in [-0.3, -0.25) is 9.10 Å². The summed E-state index contributed by atoms with van der Waals surface area (Å²) in [7, 11) is -2.40. The van der Waals surface area contributed by atoms with Crippen LogP contribution in [0.4, 0.5) is 15.8 Å². The molecular weight excluding hydrogens is 515 g/mol. The van der Waals surface area contributed by atoms with Crippen molar-refractivity contribution in [3.05, 3.63) is 90.4 Å². The number of para-hydroxylation sites is 1. The van der Waals surface area contributed by atoms with E-state index in [-0.39, 0.29) is 34.0 Å². The highest BCUT2D eigenvalue weighted by Gasteiger charge is 2.36. The zero-order valence-electron chi connectivity index (χ0n) is 19.6. The standard InChI is InChI=1S/C26H21FN4O4S2/c1-35-20-6-4-5-17(13-20)15-31-22-8-3-2-7-21(22)25-23(37(31,33)34)14-28-26(30-25)36-16-24(32)29-19-11-9-18(27)10-12-19/h2-14H,15-16H2,1H3,(H,29,32). The van der Waals surface area contributed by atoms with E-state index in [0.29, 0.717) is 22.7 Å². The van der Waals surface area contributed by atoms with Gasteiger partial charge in [0, 0.05) is 11.3 Å². The molecule has 11 heteroatoms. The number of amides is 1. The first-order valence-corrected chi connectivity index (χ1v) is 13.6. The van der Waals surface area contributed by atoms with Gasteiger partial charge in [-0.15, -0.1) is 0 Å². The second kappa shape index (κ2) is 10.2. The number of rotatable bonds is 7. The number of fused-ring (bicyclic) bond motifs is 3. The molecule has 0 fully saturated rings. The van der Waals surface area contributed by atoms with E-state index in [4.69, 9.17) is 4.74 Å². The predicted octanol–water partition coefficient (Wildman–Crippen LogP) is 4.73. The van der Waals surface area contributed by atoms with Crippen LogP contribution in [-0.4, -0.2) is 37.2 Å². The molecule has 0 spiro atoms. The van der Waals surface area contributed by atoms with Crippen molar-refractivity contribution in [1.29, 1.82) is 0 Å². The topological polar surface area (TPSA) is 101 Å². The Labute approximate surface area is 217 Å². The van der Waals surface area contributed by atoms with Crippen LogP contribution in [0.3, 0.4) is 0 Å². The van der Waals surface area contributed by atoms with Gasteiger partial charge < -0.3 is 10.1 Å². The zero-order chi connectivity index (χ0) is 26.0. The summed E-state index contributed by atoms with van der Waals surface area (Å²) >= 11 is 1.08. The van der Waals surface area contributed by atoms with Gasteiger partial charge in [0.1, 0.15) is 16.5 Å². The fraction of sp³-hybridized carbons (Fsp3) is 0.115. The van der Waals surface area contributed by atoms with E-state index < -0.39 is 15.8 Å². The summed E-state index contributed by atoms with van der Waals surface area (Å²) in [6.07, 6.45) is 1.28. The molecule has 0 aliphatic carbocycles. The SMILES string of the molecule is COc1cccc(CN2c3ccccc3-c3nc(SCC(=O)Nc4ccc(F)cc4)ncc3S2(=O)=O)c1. The van der Waals surface area contributed by atoms with E-state index in [1.165, 1.54) is 34.8 Å². The molecule has 188 valence electrons. The Kier molecular flexibility index (Phi) is 6.81. The van der Waals surface area contributed by atoms with Crippen molar-refractivity contribution < 1.29 is 22.3 Å². The van der Waals surface area contributed by atoms with Crippen LogP contribution in [0.2, 0.25) is 0 Å². The molecule has 1 N–H and O–H groups in total. The number of nitrogens with one attached hydrogen (secondary N) is 1. The smallest absolute Gasteiger partial charge is 0.268 e. The zero-order valence-corrected chi connectivity index (χ0v) is 21.2. The third-order valence-corrected chi connectivity index (χ3v) is 8.27. The number of hydrogen-bond donors (Lipinski definition) is 1. The first-order valence-electron chi connectivity index (χ1n) is 11.2. The lowest BCUT2D eigenvalue weighted by Gasteiger charge is -2.31.